The predicted octanol–water partition coefficient (Wildman–Crippen LogP) is 2.26. The number of methoxy groups -OCH3 is 2. The molecule has 1 heterocycles. The van der Waals surface area contributed by atoms with Gasteiger partial charge in [0.15, 0.2) is 17.6 Å². The van der Waals surface area contributed by atoms with Gasteiger partial charge in [-0.2, -0.15) is 0 Å². The van der Waals surface area contributed by atoms with Gasteiger partial charge in [0.1, 0.15) is 5.75 Å². The minimum absolute atomic E-state index is 0.139. The minimum atomic E-state index is -3.50. The van der Waals surface area contributed by atoms with Crippen LogP contribution in [-0.4, -0.2) is 47.4 Å². The normalized spacial score (nSPS) is 16.4. The molecule has 1 atom stereocenters. The molecule has 1 aliphatic heterocycles. The van der Waals surface area contributed by atoms with Gasteiger partial charge in [-0.1, -0.05) is 12.1 Å². The van der Waals surface area contributed by atoms with E-state index in [2.05, 4.69) is 5.32 Å². The van der Waals surface area contributed by atoms with E-state index < -0.39 is 16.1 Å². The molecule has 0 saturated carbocycles. The van der Waals surface area contributed by atoms with Gasteiger partial charge in [-0.05, 0) is 24.3 Å². The first-order valence-corrected chi connectivity index (χ1v) is 10.4. The van der Waals surface area contributed by atoms with Crippen LogP contribution in [0.2, 0.25) is 0 Å². The largest absolute Gasteiger partial charge is 0.493 e. The van der Waals surface area contributed by atoms with Crippen LogP contribution >= 0.6 is 0 Å². The van der Waals surface area contributed by atoms with Crippen LogP contribution < -0.4 is 23.8 Å². The van der Waals surface area contributed by atoms with Crippen molar-refractivity contribution in [2.45, 2.75) is 12.5 Å². The fourth-order valence-electron chi connectivity index (χ4n) is 3.00. The Bertz CT molecular complexity index is 976. The summed E-state index contributed by atoms with van der Waals surface area (Å²) in [6.07, 6.45) is 0.496. The quantitative estimate of drug-likeness (QED) is 0.819. The number of rotatable bonds is 5. The predicted molar refractivity (Wildman–Crippen MR) is 106 cm³/mol. The second-order valence-electron chi connectivity index (χ2n) is 6.26. The Morgan fingerprint density at radius 3 is 2.54 bits per heavy atom. The number of para-hydroxylation sites is 2. The van der Waals surface area contributed by atoms with E-state index >= 15 is 0 Å². The Balaban J connectivity index is 1.82. The number of carbonyl (C=O) groups excluding carboxylic acids is 1. The van der Waals surface area contributed by atoms with Gasteiger partial charge in [0.2, 0.25) is 10.0 Å². The van der Waals surface area contributed by atoms with Gasteiger partial charge in [0.25, 0.3) is 5.91 Å². The van der Waals surface area contributed by atoms with Gasteiger partial charge < -0.3 is 19.5 Å². The van der Waals surface area contributed by atoms with E-state index in [9.17, 15) is 13.2 Å². The van der Waals surface area contributed by atoms with Crippen LogP contribution in [0, 0.1) is 0 Å². The van der Waals surface area contributed by atoms with Crippen molar-refractivity contribution in [2.75, 3.05) is 36.6 Å². The lowest BCUT2D eigenvalue weighted by atomic mass is 10.2. The van der Waals surface area contributed by atoms with Crippen molar-refractivity contribution < 1.29 is 27.4 Å². The number of hydrogen-bond donors (Lipinski definition) is 1. The maximum atomic E-state index is 12.8. The van der Waals surface area contributed by atoms with Crippen molar-refractivity contribution in [3.8, 4) is 17.2 Å². The summed E-state index contributed by atoms with van der Waals surface area (Å²) in [5.74, 6) is 0.995. The zero-order valence-corrected chi connectivity index (χ0v) is 16.7. The Labute approximate surface area is 164 Å². The number of benzene rings is 2. The van der Waals surface area contributed by atoms with Crippen LogP contribution in [0.25, 0.3) is 0 Å². The van der Waals surface area contributed by atoms with Crippen LogP contribution in [0.3, 0.4) is 0 Å². The summed E-state index contributed by atoms with van der Waals surface area (Å²) in [4.78, 5) is 12.8. The van der Waals surface area contributed by atoms with Gasteiger partial charge in [-0.3, -0.25) is 9.10 Å². The van der Waals surface area contributed by atoms with Gasteiger partial charge in [-0.25, -0.2) is 8.42 Å². The lowest BCUT2D eigenvalue weighted by molar-refractivity contribution is -0.122. The second-order valence-corrected chi connectivity index (χ2v) is 8.16. The average molecular weight is 406 g/mol. The van der Waals surface area contributed by atoms with E-state index in [1.165, 1.54) is 18.5 Å². The van der Waals surface area contributed by atoms with E-state index in [4.69, 9.17) is 14.2 Å². The molecular weight excluding hydrogens is 384 g/mol. The molecule has 8 nitrogen and oxygen atoms in total. The van der Waals surface area contributed by atoms with Gasteiger partial charge in [0.05, 0.1) is 26.2 Å². The number of ether oxygens (including phenoxy) is 3. The standard InChI is InChI=1S/C19H22N2O6S/c1-25-16-9-8-13(12-18(16)26-2)20-19(22)17-10-11-21(28(3,23)24)14-6-4-5-7-15(14)27-17/h4-9,12,17H,10-11H2,1-3H3,(H,20,22)/t17-/m1/s1. The summed E-state index contributed by atoms with van der Waals surface area (Å²) in [6.45, 7) is 0.139. The van der Waals surface area contributed by atoms with Crippen LogP contribution in [-0.2, 0) is 14.8 Å². The van der Waals surface area contributed by atoms with E-state index in [0.717, 1.165) is 6.26 Å². The lowest BCUT2D eigenvalue weighted by Crippen LogP contribution is -2.35. The lowest BCUT2D eigenvalue weighted by Gasteiger charge is -2.20. The third-order valence-electron chi connectivity index (χ3n) is 4.34. The highest BCUT2D eigenvalue weighted by Gasteiger charge is 2.31. The fraction of sp³-hybridized carbons (Fsp3) is 0.316. The Kier molecular flexibility index (Phi) is 5.64. The maximum Gasteiger partial charge on any atom is 0.265 e. The summed E-state index contributed by atoms with van der Waals surface area (Å²) >= 11 is 0. The van der Waals surface area contributed by atoms with Crippen molar-refractivity contribution in [1.29, 1.82) is 0 Å². The Morgan fingerprint density at radius 2 is 1.86 bits per heavy atom. The number of amides is 1. The van der Waals surface area contributed by atoms with E-state index in [0.29, 0.717) is 28.6 Å². The van der Waals surface area contributed by atoms with E-state index in [-0.39, 0.29) is 18.9 Å². The van der Waals surface area contributed by atoms with Crippen molar-refractivity contribution in [3.05, 3.63) is 42.5 Å². The molecule has 150 valence electrons. The molecule has 0 fully saturated rings. The third-order valence-corrected chi connectivity index (χ3v) is 5.52. The number of carbonyl (C=O) groups is 1. The summed E-state index contributed by atoms with van der Waals surface area (Å²) in [6, 6.07) is 11.8. The Hall–Kier alpha value is -2.94. The maximum absolute atomic E-state index is 12.8. The molecule has 3 rings (SSSR count). The smallest absolute Gasteiger partial charge is 0.265 e. The average Bonchev–Trinajstić information content (AvgIpc) is 2.87. The van der Waals surface area contributed by atoms with Crippen molar-refractivity contribution in [3.63, 3.8) is 0 Å². The molecule has 1 N–H and O–H groups in total. The molecule has 0 aliphatic carbocycles. The minimum Gasteiger partial charge on any atom is -0.493 e. The SMILES string of the molecule is COc1ccc(NC(=O)[C@H]2CCN(S(C)(=O)=O)c3ccccc3O2)cc1OC. The molecule has 0 aromatic heterocycles. The monoisotopic (exact) mass is 406 g/mol. The van der Waals surface area contributed by atoms with Crippen molar-refractivity contribution >= 4 is 27.3 Å². The molecule has 1 amide bonds. The number of fused-ring (bicyclic) bond motifs is 1. The molecule has 2 aromatic carbocycles. The molecule has 0 bridgehead atoms. The summed E-state index contributed by atoms with van der Waals surface area (Å²) in [5, 5.41) is 2.78. The zero-order valence-electron chi connectivity index (χ0n) is 15.8. The number of hydrogen-bond acceptors (Lipinski definition) is 6. The Morgan fingerprint density at radius 1 is 1.14 bits per heavy atom. The molecule has 0 unspecified atom stereocenters. The first-order chi connectivity index (χ1) is 13.3. The van der Waals surface area contributed by atoms with Crippen LogP contribution in [0.1, 0.15) is 6.42 Å². The molecule has 0 radical (unpaired) electrons. The molecule has 1 aliphatic rings. The summed E-state index contributed by atoms with van der Waals surface area (Å²) < 4.78 is 41.8. The van der Waals surface area contributed by atoms with E-state index in [1.807, 2.05) is 0 Å². The number of sulfonamides is 1. The number of anilines is 2. The highest BCUT2D eigenvalue weighted by molar-refractivity contribution is 7.92. The molecule has 0 spiro atoms. The van der Waals surface area contributed by atoms with Gasteiger partial charge in [0, 0.05) is 24.7 Å². The van der Waals surface area contributed by atoms with Crippen LogP contribution in [0.5, 0.6) is 17.2 Å². The first-order valence-electron chi connectivity index (χ1n) is 8.59. The second kappa shape index (κ2) is 7.97. The fourth-order valence-corrected chi connectivity index (χ4v) is 3.94. The third kappa shape index (κ3) is 4.14. The topological polar surface area (TPSA) is 94.2 Å². The highest BCUT2D eigenvalue weighted by atomic mass is 32.2. The molecule has 0 saturated heterocycles. The summed E-state index contributed by atoms with van der Waals surface area (Å²) in [7, 11) is -0.459. The molecule has 28 heavy (non-hydrogen) atoms. The molecule has 9 heteroatoms. The highest BCUT2D eigenvalue weighted by Crippen LogP contribution is 2.34. The van der Waals surface area contributed by atoms with Gasteiger partial charge >= 0.3 is 0 Å². The van der Waals surface area contributed by atoms with Crippen molar-refractivity contribution in [1.82, 2.24) is 0 Å². The van der Waals surface area contributed by atoms with Crippen LogP contribution in [0.4, 0.5) is 11.4 Å². The van der Waals surface area contributed by atoms with Crippen molar-refractivity contribution in [2.24, 2.45) is 0 Å². The number of nitrogens with zero attached hydrogens (tertiary/aromatic N) is 1. The molecular formula is C19H22N2O6S. The van der Waals surface area contributed by atoms with E-state index in [1.54, 1.807) is 42.5 Å². The first kappa shape index (κ1) is 19.8. The number of nitrogens with one attached hydrogen (secondary N) is 1. The van der Waals surface area contributed by atoms with Gasteiger partial charge in [-0.15, -0.1) is 0 Å². The summed E-state index contributed by atoms with van der Waals surface area (Å²) in [5.41, 5.74) is 0.940. The zero-order chi connectivity index (χ0) is 20.3. The molecule has 2 aromatic rings. The van der Waals surface area contributed by atoms with Crippen LogP contribution in [0.15, 0.2) is 42.5 Å².